The summed E-state index contributed by atoms with van der Waals surface area (Å²) in [5.74, 6) is -0.303. The predicted molar refractivity (Wildman–Crippen MR) is 57.1 cm³/mol. The molecule has 1 aromatic carbocycles. The highest BCUT2D eigenvalue weighted by Crippen LogP contribution is 2.31. The molecule has 80 valence electrons. The van der Waals surface area contributed by atoms with Crippen molar-refractivity contribution in [1.29, 1.82) is 0 Å². The van der Waals surface area contributed by atoms with Crippen LogP contribution in [0.3, 0.4) is 0 Å². The lowest BCUT2D eigenvalue weighted by molar-refractivity contribution is -0.122. The van der Waals surface area contributed by atoms with Crippen LogP contribution in [0.25, 0.3) is 0 Å². The third-order valence-corrected chi connectivity index (χ3v) is 2.67. The standard InChI is InChI=1S/C10H8Cl2O3/c1-6(13)7-4-2-3-5-8(7)10(12,15)9(11)14/h2-5,15H,1H3/t10-/m0/s1. The van der Waals surface area contributed by atoms with E-state index >= 15 is 0 Å². The van der Waals surface area contributed by atoms with E-state index in [0.29, 0.717) is 0 Å². The molecule has 5 heteroatoms. The Morgan fingerprint density at radius 3 is 2.33 bits per heavy atom. The SMILES string of the molecule is CC(=O)c1ccccc1[C@@](O)(Cl)C(=O)Cl. The Morgan fingerprint density at radius 1 is 1.33 bits per heavy atom. The highest BCUT2D eigenvalue weighted by Gasteiger charge is 2.36. The zero-order chi connectivity index (χ0) is 11.6. The second-order valence-electron chi connectivity index (χ2n) is 3.00. The molecule has 1 atom stereocenters. The molecule has 0 unspecified atom stereocenters. The molecule has 0 fully saturated rings. The molecule has 3 nitrogen and oxygen atoms in total. The molecule has 0 heterocycles. The van der Waals surface area contributed by atoms with E-state index in [1.165, 1.54) is 19.1 Å². The van der Waals surface area contributed by atoms with Crippen molar-refractivity contribution in [3.8, 4) is 0 Å². The third-order valence-electron chi connectivity index (χ3n) is 1.92. The van der Waals surface area contributed by atoms with Gasteiger partial charge in [0.15, 0.2) is 5.78 Å². The van der Waals surface area contributed by atoms with E-state index in [1.807, 2.05) is 0 Å². The molecule has 0 saturated carbocycles. The molecule has 0 aromatic heterocycles. The summed E-state index contributed by atoms with van der Waals surface area (Å²) in [5, 5.41) is 6.13. The number of alkyl halides is 1. The summed E-state index contributed by atoms with van der Waals surface area (Å²) in [4.78, 5) is 22.1. The first-order valence-corrected chi connectivity index (χ1v) is 4.84. The highest BCUT2D eigenvalue weighted by molar-refractivity contribution is 6.69. The van der Waals surface area contributed by atoms with Gasteiger partial charge in [-0.2, -0.15) is 0 Å². The van der Waals surface area contributed by atoms with Gasteiger partial charge in [0.05, 0.1) is 0 Å². The number of aliphatic hydroxyl groups is 1. The molecule has 0 aliphatic rings. The minimum absolute atomic E-state index is 0.000772. The van der Waals surface area contributed by atoms with Crippen molar-refractivity contribution in [2.24, 2.45) is 0 Å². The van der Waals surface area contributed by atoms with E-state index in [4.69, 9.17) is 23.2 Å². The zero-order valence-electron chi connectivity index (χ0n) is 7.83. The van der Waals surface area contributed by atoms with Gasteiger partial charge in [-0.25, -0.2) is 0 Å². The first-order valence-electron chi connectivity index (χ1n) is 4.09. The second-order valence-corrected chi connectivity index (χ2v) is 3.89. The highest BCUT2D eigenvalue weighted by atomic mass is 35.5. The number of halogens is 2. The minimum atomic E-state index is -2.36. The normalized spacial score (nSPS) is 14.4. The van der Waals surface area contributed by atoms with Crippen LogP contribution >= 0.6 is 23.2 Å². The lowest BCUT2D eigenvalue weighted by Gasteiger charge is -2.18. The Bertz CT molecular complexity index is 413. The molecule has 0 aliphatic carbocycles. The van der Waals surface area contributed by atoms with Crippen molar-refractivity contribution in [2.45, 2.75) is 12.0 Å². The maximum Gasteiger partial charge on any atom is 0.273 e. The van der Waals surface area contributed by atoms with Crippen LogP contribution in [0.1, 0.15) is 22.8 Å². The van der Waals surface area contributed by atoms with Gasteiger partial charge in [-0.15, -0.1) is 0 Å². The molecule has 0 aliphatic heterocycles. The largest absolute Gasteiger partial charge is 0.364 e. The van der Waals surface area contributed by atoms with Crippen molar-refractivity contribution >= 4 is 34.2 Å². The molecule has 0 bridgehead atoms. The first-order chi connectivity index (χ1) is 6.87. The fraction of sp³-hybridized carbons (Fsp3) is 0.200. The Morgan fingerprint density at radius 2 is 1.87 bits per heavy atom. The Kier molecular flexibility index (Phi) is 3.50. The number of hydrogen-bond acceptors (Lipinski definition) is 3. The van der Waals surface area contributed by atoms with E-state index in [-0.39, 0.29) is 16.9 Å². The smallest absolute Gasteiger partial charge is 0.273 e. The number of rotatable bonds is 3. The molecular formula is C10H8Cl2O3. The summed E-state index contributed by atoms with van der Waals surface area (Å²) in [7, 11) is 0. The molecule has 0 radical (unpaired) electrons. The number of hydrogen-bond donors (Lipinski definition) is 1. The van der Waals surface area contributed by atoms with Crippen LogP contribution in [0.4, 0.5) is 0 Å². The molecule has 1 N–H and O–H groups in total. The quantitative estimate of drug-likeness (QED) is 0.505. The third kappa shape index (κ3) is 2.37. The molecule has 0 saturated heterocycles. The van der Waals surface area contributed by atoms with Gasteiger partial charge in [-0.05, 0) is 18.5 Å². The fourth-order valence-electron chi connectivity index (χ4n) is 1.18. The van der Waals surface area contributed by atoms with Gasteiger partial charge in [-0.3, -0.25) is 9.59 Å². The van der Waals surface area contributed by atoms with Gasteiger partial charge in [0.1, 0.15) is 0 Å². The van der Waals surface area contributed by atoms with Crippen LogP contribution in [0.2, 0.25) is 0 Å². The maximum atomic E-state index is 11.2. The molecule has 0 amide bonds. The molecule has 0 spiro atoms. The van der Waals surface area contributed by atoms with Gasteiger partial charge in [0.2, 0.25) is 5.06 Å². The van der Waals surface area contributed by atoms with Gasteiger partial charge >= 0.3 is 0 Å². The Hall–Kier alpha value is -0.900. The van der Waals surface area contributed by atoms with Crippen LogP contribution in [-0.2, 0) is 9.85 Å². The van der Waals surface area contributed by atoms with E-state index in [1.54, 1.807) is 12.1 Å². The first kappa shape index (κ1) is 12.2. The summed E-state index contributed by atoms with van der Waals surface area (Å²) in [6.45, 7) is 1.31. The van der Waals surface area contributed by atoms with Crippen molar-refractivity contribution in [3.05, 3.63) is 35.4 Å². The van der Waals surface area contributed by atoms with Crippen LogP contribution in [0.15, 0.2) is 24.3 Å². The summed E-state index contributed by atoms with van der Waals surface area (Å²) >= 11 is 10.7. The number of benzene rings is 1. The van der Waals surface area contributed by atoms with Gasteiger partial charge < -0.3 is 5.11 Å². The molecule has 15 heavy (non-hydrogen) atoms. The summed E-state index contributed by atoms with van der Waals surface area (Å²) in [6, 6.07) is 6.00. The average molecular weight is 247 g/mol. The monoisotopic (exact) mass is 246 g/mol. The van der Waals surface area contributed by atoms with Crippen LogP contribution < -0.4 is 0 Å². The van der Waals surface area contributed by atoms with Crippen molar-refractivity contribution in [1.82, 2.24) is 0 Å². The van der Waals surface area contributed by atoms with Crippen molar-refractivity contribution < 1.29 is 14.7 Å². The lowest BCUT2D eigenvalue weighted by Crippen LogP contribution is -2.27. The number of carbonyl (C=O) groups is 2. The van der Waals surface area contributed by atoms with Gasteiger partial charge in [-0.1, -0.05) is 35.9 Å². The zero-order valence-corrected chi connectivity index (χ0v) is 9.34. The summed E-state index contributed by atoms with van der Waals surface area (Å²) in [6.07, 6.45) is 0. The summed E-state index contributed by atoms with van der Waals surface area (Å²) in [5.41, 5.74) is 0.170. The average Bonchev–Trinajstić information content (AvgIpc) is 2.17. The Balaban J connectivity index is 3.37. The Labute approximate surface area is 96.6 Å². The van der Waals surface area contributed by atoms with Gasteiger partial charge in [0, 0.05) is 11.1 Å². The summed E-state index contributed by atoms with van der Waals surface area (Å²) < 4.78 is 0. The molecular weight excluding hydrogens is 239 g/mol. The predicted octanol–water partition coefficient (Wildman–Crippen LogP) is 2.04. The van der Waals surface area contributed by atoms with Crippen LogP contribution in [0.5, 0.6) is 0 Å². The molecule has 1 rings (SSSR count). The van der Waals surface area contributed by atoms with E-state index in [9.17, 15) is 14.7 Å². The van der Waals surface area contributed by atoms with Crippen LogP contribution in [0, 0.1) is 0 Å². The van der Waals surface area contributed by atoms with Crippen LogP contribution in [-0.4, -0.2) is 16.1 Å². The van der Waals surface area contributed by atoms with E-state index in [2.05, 4.69) is 0 Å². The van der Waals surface area contributed by atoms with E-state index < -0.39 is 10.3 Å². The molecule has 1 aromatic rings. The second kappa shape index (κ2) is 4.31. The lowest BCUT2D eigenvalue weighted by atomic mass is 10.00. The number of ketones is 1. The fourth-order valence-corrected chi connectivity index (χ4v) is 1.45. The van der Waals surface area contributed by atoms with Crippen molar-refractivity contribution in [3.63, 3.8) is 0 Å². The van der Waals surface area contributed by atoms with Crippen molar-refractivity contribution in [2.75, 3.05) is 0 Å². The topological polar surface area (TPSA) is 54.4 Å². The minimum Gasteiger partial charge on any atom is -0.364 e. The van der Waals surface area contributed by atoms with Gasteiger partial charge in [0.25, 0.3) is 5.24 Å². The number of Topliss-reactive ketones (excluding diaryl/α,β-unsaturated/α-hetero) is 1. The maximum absolute atomic E-state index is 11.2. The number of carbonyl (C=O) groups excluding carboxylic acids is 2. The van der Waals surface area contributed by atoms with E-state index in [0.717, 1.165) is 0 Å².